The van der Waals surface area contributed by atoms with Gasteiger partial charge in [0, 0.05) is 6.26 Å². The second-order valence-electron chi connectivity index (χ2n) is 3.71. The third-order valence-corrected chi connectivity index (χ3v) is 4.25. The molecule has 0 radical (unpaired) electrons. The first kappa shape index (κ1) is 9.04. The van der Waals surface area contributed by atoms with Crippen LogP contribution in [0.15, 0.2) is 0 Å². The Labute approximate surface area is 68.9 Å². The quantitative estimate of drug-likeness (QED) is 0.608. The Morgan fingerprint density at radius 1 is 1.09 bits per heavy atom. The smallest absolute Gasteiger partial charge is 0.150 e. The third-order valence-electron chi connectivity index (χ3n) is 2.57. The minimum atomic E-state index is -2.75. The van der Waals surface area contributed by atoms with Crippen molar-refractivity contribution in [1.29, 1.82) is 0 Å². The highest BCUT2D eigenvalue weighted by Gasteiger charge is 2.25. The fourth-order valence-electron chi connectivity index (χ4n) is 1.66. The Hall–Kier alpha value is -0.0500. The van der Waals surface area contributed by atoms with E-state index in [9.17, 15) is 8.42 Å². The normalized spacial score (nSPS) is 33.6. The molecule has 0 heterocycles. The summed E-state index contributed by atoms with van der Waals surface area (Å²) < 4.78 is 22.2. The van der Waals surface area contributed by atoms with Crippen molar-refractivity contribution in [3.05, 3.63) is 0 Å². The lowest BCUT2D eigenvalue weighted by molar-refractivity contribution is 0.383. The molecule has 1 saturated carbocycles. The summed E-state index contributed by atoms with van der Waals surface area (Å²) in [5.74, 6) is 0.730. The first-order valence-corrected chi connectivity index (χ1v) is 6.14. The molecule has 0 aromatic carbocycles. The molecule has 1 aliphatic carbocycles. The predicted octanol–water partition coefficient (Wildman–Crippen LogP) is 1.61. The van der Waals surface area contributed by atoms with Crippen LogP contribution in [0.3, 0.4) is 0 Å². The van der Waals surface area contributed by atoms with Crippen molar-refractivity contribution in [1.82, 2.24) is 0 Å². The van der Waals surface area contributed by atoms with Gasteiger partial charge in [-0.15, -0.1) is 0 Å². The predicted molar refractivity (Wildman–Crippen MR) is 46.3 cm³/mol. The van der Waals surface area contributed by atoms with Crippen LogP contribution in [0.1, 0.15) is 32.6 Å². The molecular formula is C8H16O2S. The van der Waals surface area contributed by atoms with Crippen LogP contribution in [0, 0.1) is 5.92 Å². The molecule has 0 aliphatic heterocycles. The Kier molecular flexibility index (Phi) is 2.58. The fraction of sp³-hybridized carbons (Fsp3) is 1.00. The van der Waals surface area contributed by atoms with E-state index in [-0.39, 0.29) is 5.25 Å². The maximum atomic E-state index is 11.1. The zero-order chi connectivity index (χ0) is 8.48. The summed E-state index contributed by atoms with van der Waals surface area (Å²) in [6.45, 7) is 2.19. The Balaban J connectivity index is 2.53. The van der Waals surface area contributed by atoms with E-state index in [2.05, 4.69) is 6.92 Å². The lowest BCUT2D eigenvalue weighted by Crippen LogP contribution is -2.25. The summed E-state index contributed by atoms with van der Waals surface area (Å²) in [5, 5.41) is -0.0429. The van der Waals surface area contributed by atoms with Crippen LogP contribution in [-0.4, -0.2) is 19.9 Å². The van der Waals surface area contributed by atoms with Crippen molar-refractivity contribution in [2.75, 3.05) is 6.26 Å². The summed E-state index contributed by atoms with van der Waals surface area (Å²) in [5.41, 5.74) is 0. The van der Waals surface area contributed by atoms with Gasteiger partial charge in [-0.1, -0.05) is 6.92 Å². The van der Waals surface area contributed by atoms with Crippen LogP contribution >= 0.6 is 0 Å². The van der Waals surface area contributed by atoms with E-state index in [0.29, 0.717) is 0 Å². The molecule has 66 valence electrons. The molecule has 0 aromatic heterocycles. The van der Waals surface area contributed by atoms with Crippen LogP contribution in [-0.2, 0) is 9.84 Å². The highest BCUT2D eigenvalue weighted by molar-refractivity contribution is 7.91. The molecule has 0 aromatic rings. The van der Waals surface area contributed by atoms with Crippen molar-refractivity contribution in [2.24, 2.45) is 5.92 Å². The molecule has 3 heteroatoms. The van der Waals surface area contributed by atoms with E-state index in [1.807, 2.05) is 0 Å². The Morgan fingerprint density at radius 3 is 1.91 bits per heavy atom. The van der Waals surface area contributed by atoms with E-state index in [0.717, 1.165) is 31.6 Å². The van der Waals surface area contributed by atoms with Gasteiger partial charge in [0.05, 0.1) is 5.25 Å². The van der Waals surface area contributed by atoms with Gasteiger partial charge in [-0.05, 0) is 31.6 Å². The molecule has 0 spiro atoms. The summed E-state index contributed by atoms with van der Waals surface area (Å²) in [7, 11) is -2.75. The van der Waals surface area contributed by atoms with Crippen molar-refractivity contribution >= 4 is 9.84 Å². The molecule has 0 saturated heterocycles. The molecular weight excluding hydrogens is 160 g/mol. The van der Waals surface area contributed by atoms with Gasteiger partial charge in [0.1, 0.15) is 9.84 Å². The zero-order valence-electron chi connectivity index (χ0n) is 7.21. The minimum Gasteiger partial charge on any atom is -0.229 e. The standard InChI is InChI=1S/C8H16O2S/c1-7-3-5-8(6-4-7)11(2,9)10/h7-8H,3-6H2,1-2H3. The van der Waals surface area contributed by atoms with Gasteiger partial charge >= 0.3 is 0 Å². The van der Waals surface area contributed by atoms with Crippen LogP contribution in [0.5, 0.6) is 0 Å². The Morgan fingerprint density at radius 2 is 1.55 bits per heavy atom. The van der Waals surface area contributed by atoms with Gasteiger partial charge in [0.15, 0.2) is 0 Å². The largest absolute Gasteiger partial charge is 0.229 e. The maximum absolute atomic E-state index is 11.1. The summed E-state index contributed by atoms with van der Waals surface area (Å²) >= 11 is 0. The molecule has 0 bridgehead atoms. The first-order chi connectivity index (χ1) is 5.00. The van der Waals surface area contributed by atoms with Gasteiger partial charge in [-0.3, -0.25) is 0 Å². The van der Waals surface area contributed by atoms with Gasteiger partial charge in [0.2, 0.25) is 0 Å². The molecule has 0 unspecified atom stereocenters. The van der Waals surface area contributed by atoms with E-state index < -0.39 is 9.84 Å². The SMILES string of the molecule is CC1CCC(S(C)(=O)=O)CC1. The average molecular weight is 176 g/mol. The van der Waals surface area contributed by atoms with Crippen LogP contribution in [0.2, 0.25) is 0 Å². The fourth-order valence-corrected chi connectivity index (χ4v) is 2.79. The molecule has 0 N–H and O–H groups in total. The molecule has 1 rings (SSSR count). The summed E-state index contributed by atoms with van der Waals surface area (Å²) in [4.78, 5) is 0. The van der Waals surface area contributed by atoms with Crippen LogP contribution in [0.25, 0.3) is 0 Å². The van der Waals surface area contributed by atoms with Gasteiger partial charge in [-0.25, -0.2) is 8.42 Å². The van der Waals surface area contributed by atoms with Gasteiger partial charge in [-0.2, -0.15) is 0 Å². The van der Waals surface area contributed by atoms with Crippen molar-refractivity contribution < 1.29 is 8.42 Å². The van der Waals surface area contributed by atoms with Crippen molar-refractivity contribution in [3.63, 3.8) is 0 Å². The van der Waals surface area contributed by atoms with Crippen molar-refractivity contribution in [2.45, 2.75) is 37.9 Å². The lowest BCUT2D eigenvalue weighted by atomic mass is 9.91. The summed E-state index contributed by atoms with van der Waals surface area (Å²) in [6, 6.07) is 0. The molecule has 1 fully saturated rings. The Bertz CT molecular complexity index is 210. The van der Waals surface area contributed by atoms with Gasteiger partial charge < -0.3 is 0 Å². The number of hydrogen-bond donors (Lipinski definition) is 0. The van der Waals surface area contributed by atoms with E-state index >= 15 is 0 Å². The van der Waals surface area contributed by atoms with Crippen LogP contribution < -0.4 is 0 Å². The second kappa shape index (κ2) is 3.13. The van der Waals surface area contributed by atoms with Crippen molar-refractivity contribution in [3.8, 4) is 0 Å². The first-order valence-electron chi connectivity index (χ1n) is 4.19. The third kappa shape index (κ3) is 2.47. The highest BCUT2D eigenvalue weighted by atomic mass is 32.2. The minimum absolute atomic E-state index is 0.0429. The van der Waals surface area contributed by atoms with Crippen LogP contribution in [0.4, 0.5) is 0 Å². The number of sulfone groups is 1. The monoisotopic (exact) mass is 176 g/mol. The molecule has 2 nitrogen and oxygen atoms in total. The lowest BCUT2D eigenvalue weighted by Gasteiger charge is -2.24. The number of rotatable bonds is 1. The highest BCUT2D eigenvalue weighted by Crippen LogP contribution is 2.27. The maximum Gasteiger partial charge on any atom is 0.150 e. The van der Waals surface area contributed by atoms with E-state index in [4.69, 9.17) is 0 Å². The molecule has 1 aliphatic rings. The molecule has 0 atom stereocenters. The second-order valence-corrected chi connectivity index (χ2v) is 6.04. The van der Waals surface area contributed by atoms with Gasteiger partial charge in [0.25, 0.3) is 0 Å². The molecule has 0 amide bonds. The topological polar surface area (TPSA) is 34.1 Å². The number of hydrogen-bond acceptors (Lipinski definition) is 2. The van der Waals surface area contributed by atoms with E-state index in [1.54, 1.807) is 0 Å². The summed E-state index contributed by atoms with van der Waals surface area (Å²) in [6.07, 6.45) is 5.27. The average Bonchev–Trinajstić information content (AvgIpc) is 1.86. The molecule has 11 heavy (non-hydrogen) atoms. The van der Waals surface area contributed by atoms with E-state index in [1.165, 1.54) is 6.26 Å². The zero-order valence-corrected chi connectivity index (χ0v) is 8.02.